The molecule has 0 saturated heterocycles. The molecule has 0 atom stereocenters. The summed E-state index contributed by atoms with van der Waals surface area (Å²) in [6, 6.07) is 5.26. The molecule has 5 nitrogen and oxygen atoms in total. The molecule has 0 bridgehead atoms. The maximum Gasteiger partial charge on any atom is 0.296 e. The van der Waals surface area contributed by atoms with Gasteiger partial charge in [0.2, 0.25) is 0 Å². The number of aromatic nitrogens is 3. The summed E-state index contributed by atoms with van der Waals surface area (Å²) in [6.07, 6.45) is 0. The molecule has 0 spiro atoms. The largest absolute Gasteiger partial charge is 0.296 e. The zero-order valence-corrected chi connectivity index (χ0v) is 13.5. The molecule has 20 heavy (non-hydrogen) atoms. The summed E-state index contributed by atoms with van der Waals surface area (Å²) in [4.78, 5) is 0. The number of nitrogens with zero attached hydrogens (tertiary/aromatic N) is 3. The molecule has 2 rings (SSSR count). The van der Waals surface area contributed by atoms with Crippen molar-refractivity contribution >= 4 is 31.3 Å². The molecule has 1 aromatic carbocycles. The fourth-order valence-corrected chi connectivity index (χ4v) is 3.20. The van der Waals surface area contributed by atoms with E-state index in [-0.39, 0.29) is 11.2 Å². The topological polar surface area (TPSA) is 64.8 Å². The molecule has 1 aromatic heterocycles. The third-order valence-electron chi connectivity index (χ3n) is 2.76. The van der Waals surface area contributed by atoms with E-state index < -0.39 is 9.05 Å². The van der Waals surface area contributed by atoms with Gasteiger partial charge in [-0.2, -0.15) is 0 Å². The van der Waals surface area contributed by atoms with Gasteiger partial charge < -0.3 is 0 Å². The Hall–Kier alpha value is -1.11. The Morgan fingerprint density at radius 1 is 1.25 bits per heavy atom. The van der Waals surface area contributed by atoms with E-state index in [1.165, 1.54) is 4.57 Å². The quantitative estimate of drug-likeness (QED) is 0.807. The van der Waals surface area contributed by atoms with Gasteiger partial charge in [-0.15, -0.1) is 10.2 Å². The van der Waals surface area contributed by atoms with E-state index in [9.17, 15) is 8.42 Å². The van der Waals surface area contributed by atoms with Crippen LogP contribution >= 0.6 is 22.3 Å². The van der Waals surface area contributed by atoms with Gasteiger partial charge in [-0.25, -0.2) is 8.42 Å². The van der Waals surface area contributed by atoms with Crippen molar-refractivity contribution in [1.82, 2.24) is 14.8 Å². The summed E-state index contributed by atoms with van der Waals surface area (Å²) in [5.41, 5.74) is 1.62. The monoisotopic (exact) mass is 333 g/mol. The second-order valence-corrected chi connectivity index (χ2v) is 7.56. The number of halogens is 2. The van der Waals surface area contributed by atoms with Crippen molar-refractivity contribution in [3.8, 4) is 11.4 Å². The van der Waals surface area contributed by atoms with Crippen LogP contribution in [0.3, 0.4) is 0 Å². The minimum atomic E-state index is -3.97. The summed E-state index contributed by atoms with van der Waals surface area (Å²) in [5.74, 6) is 0.379. The van der Waals surface area contributed by atoms with Crippen molar-refractivity contribution in [1.29, 1.82) is 0 Å². The first-order valence-electron chi connectivity index (χ1n) is 5.88. The molecule has 0 N–H and O–H groups in total. The lowest BCUT2D eigenvalue weighted by molar-refractivity contribution is 0.530. The Balaban J connectivity index is 2.73. The number of benzene rings is 1. The van der Waals surface area contributed by atoms with E-state index in [0.29, 0.717) is 16.4 Å². The van der Waals surface area contributed by atoms with Gasteiger partial charge in [0.25, 0.3) is 14.2 Å². The first-order chi connectivity index (χ1) is 9.21. The van der Waals surface area contributed by atoms with Crippen molar-refractivity contribution in [3.63, 3.8) is 0 Å². The first-order valence-corrected chi connectivity index (χ1v) is 8.56. The normalized spacial score (nSPS) is 12.1. The molecule has 2 aromatic rings. The van der Waals surface area contributed by atoms with E-state index in [0.717, 1.165) is 5.56 Å². The molecule has 0 aliphatic rings. The first kappa shape index (κ1) is 15.3. The highest BCUT2D eigenvalue weighted by molar-refractivity contribution is 8.13. The van der Waals surface area contributed by atoms with Crippen LogP contribution in [-0.2, 0) is 9.05 Å². The van der Waals surface area contributed by atoms with Gasteiger partial charge in [0.15, 0.2) is 5.82 Å². The Morgan fingerprint density at radius 2 is 1.90 bits per heavy atom. The minimum absolute atomic E-state index is 0.180. The molecule has 0 aliphatic carbocycles. The van der Waals surface area contributed by atoms with Crippen molar-refractivity contribution in [3.05, 3.63) is 28.8 Å². The molecule has 0 fully saturated rings. The maximum absolute atomic E-state index is 11.6. The van der Waals surface area contributed by atoms with Crippen molar-refractivity contribution in [2.24, 2.45) is 0 Å². The number of hydrogen-bond donors (Lipinski definition) is 0. The predicted octanol–water partition coefficient (Wildman–Crippen LogP) is 3.42. The Bertz CT molecular complexity index is 754. The second kappa shape index (κ2) is 5.35. The summed E-state index contributed by atoms with van der Waals surface area (Å²) in [7, 11) is 1.42. The van der Waals surface area contributed by atoms with E-state index >= 15 is 0 Å². The highest BCUT2D eigenvalue weighted by Gasteiger charge is 2.25. The summed E-state index contributed by atoms with van der Waals surface area (Å²) in [6.45, 7) is 5.55. The number of aryl methyl sites for hydroxylation is 1. The van der Waals surface area contributed by atoms with Crippen LogP contribution in [0.5, 0.6) is 0 Å². The van der Waals surface area contributed by atoms with Crippen molar-refractivity contribution < 1.29 is 8.42 Å². The van der Waals surface area contributed by atoms with Crippen LogP contribution in [0.25, 0.3) is 11.4 Å². The SMILES string of the molecule is Cc1ccc(-c2nnc(S(=O)(=O)Cl)n2C(C)C)c(Cl)c1. The van der Waals surface area contributed by atoms with Gasteiger partial charge in [-0.05, 0) is 38.5 Å². The third-order valence-corrected chi connectivity index (χ3v) is 4.21. The van der Waals surface area contributed by atoms with E-state index in [4.69, 9.17) is 22.3 Å². The van der Waals surface area contributed by atoms with Gasteiger partial charge >= 0.3 is 0 Å². The molecule has 0 unspecified atom stereocenters. The van der Waals surface area contributed by atoms with Crippen LogP contribution < -0.4 is 0 Å². The van der Waals surface area contributed by atoms with E-state index in [1.54, 1.807) is 12.1 Å². The van der Waals surface area contributed by atoms with E-state index in [1.807, 2.05) is 26.8 Å². The predicted molar refractivity (Wildman–Crippen MR) is 78.6 cm³/mol. The molecule has 0 radical (unpaired) electrons. The van der Waals surface area contributed by atoms with Crippen LogP contribution in [0.15, 0.2) is 23.4 Å². The molecule has 0 aliphatic heterocycles. The Kier molecular flexibility index (Phi) is 4.09. The van der Waals surface area contributed by atoms with Gasteiger partial charge in [0, 0.05) is 22.3 Å². The average Bonchev–Trinajstić information content (AvgIpc) is 2.72. The van der Waals surface area contributed by atoms with Crippen LogP contribution in [0, 0.1) is 6.92 Å². The fraction of sp³-hybridized carbons (Fsp3) is 0.333. The second-order valence-electron chi connectivity index (χ2n) is 4.69. The minimum Gasteiger partial charge on any atom is -0.294 e. The number of rotatable bonds is 3. The van der Waals surface area contributed by atoms with Crippen LogP contribution in [0.1, 0.15) is 25.5 Å². The lowest BCUT2D eigenvalue weighted by atomic mass is 10.1. The fourth-order valence-electron chi connectivity index (χ4n) is 1.89. The highest BCUT2D eigenvalue weighted by Crippen LogP contribution is 2.31. The van der Waals surface area contributed by atoms with Gasteiger partial charge in [-0.3, -0.25) is 4.57 Å². The van der Waals surface area contributed by atoms with Gasteiger partial charge in [0.05, 0.1) is 5.02 Å². The lowest BCUT2D eigenvalue weighted by Gasteiger charge is -2.13. The standard InChI is InChI=1S/C12H13Cl2N3O2S/c1-7(2)17-11(15-16-12(17)20(14,18)19)9-5-4-8(3)6-10(9)13/h4-7H,1-3H3. The van der Waals surface area contributed by atoms with Crippen LogP contribution in [0.2, 0.25) is 5.02 Å². The lowest BCUT2D eigenvalue weighted by Crippen LogP contribution is -2.10. The summed E-state index contributed by atoms with van der Waals surface area (Å²) in [5, 5.41) is 7.82. The average molecular weight is 334 g/mol. The molecule has 8 heteroatoms. The molecule has 0 amide bonds. The zero-order valence-electron chi connectivity index (χ0n) is 11.1. The van der Waals surface area contributed by atoms with E-state index in [2.05, 4.69) is 10.2 Å². The van der Waals surface area contributed by atoms with Crippen LogP contribution in [-0.4, -0.2) is 23.2 Å². The van der Waals surface area contributed by atoms with Crippen LogP contribution in [0.4, 0.5) is 0 Å². The van der Waals surface area contributed by atoms with Gasteiger partial charge in [0.1, 0.15) is 0 Å². The van der Waals surface area contributed by atoms with Crippen molar-refractivity contribution in [2.45, 2.75) is 32.0 Å². The summed E-state index contributed by atoms with van der Waals surface area (Å²) >= 11 is 6.20. The van der Waals surface area contributed by atoms with Gasteiger partial charge in [-0.1, -0.05) is 17.7 Å². The number of hydrogen-bond acceptors (Lipinski definition) is 4. The third kappa shape index (κ3) is 2.82. The summed E-state index contributed by atoms with van der Waals surface area (Å²) < 4.78 is 24.6. The highest BCUT2D eigenvalue weighted by atomic mass is 35.7. The molecule has 108 valence electrons. The maximum atomic E-state index is 11.6. The molecule has 1 heterocycles. The smallest absolute Gasteiger partial charge is 0.294 e. The zero-order chi connectivity index (χ0) is 15.1. The molecular formula is C12H13Cl2N3O2S. The Morgan fingerprint density at radius 3 is 2.40 bits per heavy atom. The molecule has 0 saturated carbocycles. The molecular weight excluding hydrogens is 321 g/mol. The van der Waals surface area contributed by atoms with Crippen molar-refractivity contribution in [2.75, 3.05) is 0 Å². The Labute approximate surface area is 127 Å².